The molecule has 1 N–H and O–H groups in total. The molecule has 1 aromatic heterocycles. The molecule has 1 aromatic carbocycles. The number of carbonyl (C=O) groups is 1. The van der Waals surface area contributed by atoms with E-state index in [1.54, 1.807) is 19.1 Å². The minimum Gasteiger partial charge on any atom is -0.426 e. The van der Waals surface area contributed by atoms with Crippen LogP contribution >= 0.6 is 0 Å². The molecular formula is C17H23N5O4S. The zero-order valence-electron chi connectivity index (χ0n) is 15.4. The highest BCUT2D eigenvalue weighted by atomic mass is 32.2. The Bertz CT molecular complexity index is 886. The Morgan fingerprint density at radius 2 is 1.78 bits per heavy atom. The van der Waals surface area contributed by atoms with Crippen molar-refractivity contribution in [1.82, 2.24) is 24.7 Å². The molecule has 9 nitrogen and oxygen atoms in total. The summed E-state index contributed by atoms with van der Waals surface area (Å²) in [4.78, 5) is 16.1. The van der Waals surface area contributed by atoms with Gasteiger partial charge in [0.1, 0.15) is 0 Å². The highest BCUT2D eigenvalue weighted by molar-refractivity contribution is 7.90. The van der Waals surface area contributed by atoms with Gasteiger partial charge in [-0.3, -0.25) is 4.90 Å². The van der Waals surface area contributed by atoms with E-state index in [2.05, 4.69) is 19.8 Å². The third-order valence-corrected chi connectivity index (χ3v) is 5.76. The lowest BCUT2D eigenvalue weighted by Crippen LogP contribution is -2.52. The Kier molecular flexibility index (Phi) is 5.76. The molecular weight excluding hydrogens is 370 g/mol. The van der Waals surface area contributed by atoms with Gasteiger partial charge < -0.3 is 9.32 Å². The Hall–Kier alpha value is -2.46. The number of hydrogen-bond donors (Lipinski definition) is 1. The van der Waals surface area contributed by atoms with Crippen molar-refractivity contribution in [2.75, 3.05) is 32.7 Å². The monoisotopic (exact) mass is 393 g/mol. The molecule has 0 atom stereocenters. The second-order valence-corrected chi connectivity index (χ2v) is 8.20. The van der Waals surface area contributed by atoms with Crippen molar-refractivity contribution in [2.45, 2.75) is 25.2 Å². The smallest absolute Gasteiger partial charge is 0.331 e. The van der Waals surface area contributed by atoms with Crippen LogP contribution in [0.1, 0.15) is 17.3 Å². The molecule has 1 saturated heterocycles. The fraction of sp³-hybridized carbons (Fsp3) is 0.471. The van der Waals surface area contributed by atoms with Gasteiger partial charge in [0, 0.05) is 46.1 Å². The molecule has 0 unspecified atom stereocenters. The molecule has 0 spiro atoms. The van der Waals surface area contributed by atoms with E-state index >= 15 is 0 Å². The molecule has 2 heterocycles. The van der Waals surface area contributed by atoms with E-state index < -0.39 is 16.1 Å². The van der Waals surface area contributed by atoms with Crippen LogP contribution in [-0.4, -0.2) is 67.2 Å². The molecule has 27 heavy (non-hydrogen) atoms. The SMILES string of the molecule is Cc1ccc(S(=O)(=O)NC(=O)N2CCN(CCc3nnc(C)o3)CC2)cc1. The van der Waals surface area contributed by atoms with Gasteiger partial charge in [0.05, 0.1) is 4.90 Å². The lowest BCUT2D eigenvalue weighted by Gasteiger charge is -2.34. The molecule has 1 aliphatic heterocycles. The number of aryl methyl sites for hydroxylation is 2. The molecule has 10 heteroatoms. The number of nitrogens with one attached hydrogen (secondary N) is 1. The van der Waals surface area contributed by atoms with Crippen LogP contribution in [0.15, 0.2) is 33.6 Å². The molecule has 1 aliphatic rings. The number of carbonyl (C=O) groups excluding carboxylic acids is 1. The Labute approximate surface area is 158 Å². The highest BCUT2D eigenvalue weighted by Gasteiger charge is 2.25. The van der Waals surface area contributed by atoms with E-state index in [0.717, 1.165) is 12.1 Å². The lowest BCUT2D eigenvalue weighted by molar-refractivity contribution is 0.142. The zero-order valence-corrected chi connectivity index (χ0v) is 16.2. The molecule has 3 rings (SSSR count). The summed E-state index contributed by atoms with van der Waals surface area (Å²) in [6, 6.07) is 5.78. The number of piperazine rings is 1. The summed E-state index contributed by atoms with van der Waals surface area (Å²) in [5.41, 5.74) is 0.951. The predicted octanol–water partition coefficient (Wildman–Crippen LogP) is 0.945. The highest BCUT2D eigenvalue weighted by Crippen LogP contribution is 2.11. The standard InChI is InChI=1S/C17H23N5O4S/c1-13-3-5-15(6-4-13)27(24,25)20-17(23)22-11-9-21(10-12-22)8-7-16-19-18-14(2)26-16/h3-6H,7-12H2,1-2H3,(H,20,23). The topological polar surface area (TPSA) is 109 Å². The van der Waals surface area contributed by atoms with Crippen LogP contribution in [0.5, 0.6) is 0 Å². The number of benzene rings is 1. The number of rotatable bonds is 5. The summed E-state index contributed by atoms with van der Waals surface area (Å²) in [7, 11) is -3.87. The van der Waals surface area contributed by atoms with Gasteiger partial charge in [0.2, 0.25) is 11.8 Å². The zero-order chi connectivity index (χ0) is 19.4. The first-order chi connectivity index (χ1) is 12.8. The molecule has 2 amide bonds. The summed E-state index contributed by atoms with van der Waals surface area (Å²) >= 11 is 0. The maximum Gasteiger partial charge on any atom is 0.331 e. The van der Waals surface area contributed by atoms with Crippen molar-refractivity contribution in [3.05, 3.63) is 41.6 Å². The minimum atomic E-state index is -3.87. The van der Waals surface area contributed by atoms with E-state index in [0.29, 0.717) is 44.4 Å². The number of amides is 2. The molecule has 0 radical (unpaired) electrons. The van der Waals surface area contributed by atoms with E-state index in [1.807, 2.05) is 6.92 Å². The van der Waals surface area contributed by atoms with Gasteiger partial charge in [-0.2, -0.15) is 0 Å². The van der Waals surface area contributed by atoms with Crippen LogP contribution in [0.4, 0.5) is 4.79 Å². The van der Waals surface area contributed by atoms with Crippen molar-refractivity contribution in [3.8, 4) is 0 Å². The first-order valence-corrected chi connectivity index (χ1v) is 10.2. The van der Waals surface area contributed by atoms with Crippen LogP contribution in [0.25, 0.3) is 0 Å². The van der Waals surface area contributed by atoms with Crippen LogP contribution in [0.2, 0.25) is 0 Å². The van der Waals surface area contributed by atoms with Gasteiger partial charge in [0.25, 0.3) is 10.0 Å². The van der Waals surface area contributed by atoms with Crippen molar-refractivity contribution in [2.24, 2.45) is 0 Å². The molecule has 0 aliphatic carbocycles. The largest absolute Gasteiger partial charge is 0.426 e. The second kappa shape index (κ2) is 8.05. The summed E-state index contributed by atoms with van der Waals surface area (Å²) in [5, 5.41) is 7.76. The van der Waals surface area contributed by atoms with Gasteiger partial charge in [-0.25, -0.2) is 17.9 Å². The Morgan fingerprint density at radius 3 is 2.37 bits per heavy atom. The van der Waals surface area contributed by atoms with E-state index in [4.69, 9.17) is 4.42 Å². The van der Waals surface area contributed by atoms with Crippen molar-refractivity contribution < 1.29 is 17.6 Å². The maximum atomic E-state index is 12.3. The Morgan fingerprint density at radius 1 is 1.11 bits per heavy atom. The second-order valence-electron chi connectivity index (χ2n) is 6.52. The van der Waals surface area contributed by atoms with Gasteiger partial charge in [-0.15, -0.1) is 10.2 Å². The van der Waals surface area contributed by atoms with Gasteiger partial charge in [-0.05, 0) is 19.1 Å². The average Bonchev–Trinajstić information content (AvgIpc) is 3.06. The number of sulfonamides is 1. The van der Waals surface area contributed by atoms with Gasteiger partial charge in [-0.1, -0.05) is 17.7 Å². The van der Waals surface area contributed by atoms with Gasteiger partial charge >= 0.3 is 6.03 Å². The summed E-state index contributed by atoms with van der Waals surface area (Å²) in [5.74, 6) is 1.14. The first-order valence-electron chi connectivity index (χ1n) is 8.73. The predicted molar refractivity (Wildman–Crippen MR) is 97.6 cm³/mol. The third kappa shape index (κ3) is 5.04. The van der Waals surface area contributed by atoms with Crippen LogP contribution < -0.4 is 4.72 Å². The maximum absolute atomic E-state index is 12.3. The van der Waals surface area contributed by atoms with Gasteiger partial charge in [0.15, 0.2) is 0 Å². The van der Waals surface area contributed by atoms with E-state index in [1.165, 1.54) is 17.0 Å². The lowest BCUT2D eigenvalue weighted by atomic mass is 10.2. The molecule has 2 aromatic rings. The third-order valence-electron chi connectivity index (χ3n) is 4.42. The normalized spacial score (nSPS) is 15.7. The minimum absolute atomic E-state index is 0.0786. The molecule has 0 saturated carbocycles. The van der Waals surface area contributed by atoms with E-state index in [9.17, 15) is 13.2 Å². The molecule has 0 bridgehead atoms. The molecule has 146 valence electrons. The quantitative estimate of drug-likeness (QED) is 0.805. The summed E-state index contributed by atoms with van der Waals surface area (Å²) in [6.45, 7) is 6.60. The number of nitrogens with zero attached hydrogens (tertiary/aromatic N) is 4. The van der Waals surface area contributed by atoms with Crippen LogP contribution in [0.3, 0.4) is 0 Å². The Balaban J connectivity index is 1.48. The fourth-order valence-electron chi connectivity index (χ4n) is 2.82. The van der Waals surface area contributed by atoms with Crippen LogP contribution in [-0.2, 0) is 16.4 Å². The number of hydrogen-bond acceptors (Lipinski definition) is 7. The summed E-state index contributed by atoms with van der Waals surface area (Å²) < 4.78 is 32.2. The van der Waals surface area contributed by atoms with Crippen molar-refractivity contribution in [1.29, 1.82) is 0 Å². The summed E-state index contributed by atoms with van der Waals surface area (Å²) in [6.07, 6.45) is 0.648. The van der Waals surface area contributed by atoms with E-state index in [-0.39, 0.29) is 4.90 Å². The first kappa shape index (κ1) is 19.3. The van der Waals surface area contributed by atoms with Crippen LogP contribution in [0, 0.1) is 13.8 Å². The average molecular weight is 393 g/mol. The number of urea groups is 1. The van der Waals surface area contributed by atoms with Crippen molar-refractivity contribution in [3.63, 3.8) is 0 Å². The van der Waals surface area contributed by atoms with Crippen molar-refractivity contribution >= 4 is 16.1 Å². The number of aromatic nitrogens is 2. The fourth-order valence-corrected chi connectivity index (χ4v) is 3.79. The molecule has 1 fully saturated rings.